The molecule has 0 saturated heterocycles. The predicted molar refractivity (Wildman–Crippen MR) is 89.4 cm³/mol. The molecule has 0 amide bonds. The van der Waals surface area contributed by atoms with Gasteiger partial charge in [0.1, 0.15) is 6.61 Å². The SMILES string of the molecule is C=C1CC[C@@H]2C(C)(C)CCC[C@@]2(C)[C@@H]1CCC1=CCOC1=O. The van der Waals surface area contributed by atoms with Crippen molar-refractivity contribution in [3.8, 4) is 0 Å². The topological polar surface area (TPSA) is 26.3 Å². The van der Waals surface area contributed by atoms with Crippen molar-refractivity contribution in [3.05, 3.63) is 23.8 Å². The standard InChI is InChI=1S/C20H30O2/c1-14-6-9-17-19(2,3)11-5-12-20(17,4)16(14)8-7-15-10-13-22-18(15)21/h10,16-17H,1,5-9,11-13H2,2-4H3/t16-,17-,20+/m1/s1. The van der Waals surface area contributed by atoms with E-state index in [1.807, 2.05) is 6.08 Å². The van der Waals surface area contributed by atoms with Crippen LogP contribution in [0.5, 0.6) is 0 Å². The van der Waals surface area contributed by atoms with Gasteiger partial charge in [-0.25, -0.2) is 4.79 Å². The highest BCUT2D eigenvalue weighted by molar-refractivity contribution is 5.90. The Balaban J connectivity index is 1.78. The molecule has 122 valence electrons. The highest BCUT2D eigenvalue weighted by Gasteiger charge is 2.52. The summed E-state index contributed by atoms with van der Waals surface area (Å²) >= 11 is 0. The van der Waals surface area contributed by atoms with Crippen molar-refractivity contribution in [2.75, 3.05) is 6.61 Å². The molecule has 3 atom stereocenters. The van der Waals surface area contributed by atoms with Gasteiger partial charge in [-0.1, -0.05) is 39.3 Å². The smallest absolute Gasteiger partial charge is 0.334 e. The number of esters is 1. The maximum atomic E-state index is 11.7. The molecular weight excluding hydrogens is 272 g/mol. The minimum Gasteiger partial charge on any atom is -0.458 e. The van der Waals surface area contributed by atoms with Crippen molar-refractivity contribution in [3.63, 3.8) is 0 Å². The number of ether oxygens (including phenoxy) is 1. The highest BCUT2D eigenvalue weighted by Crippen LogP contribution is 2.61. The van der Waals surface area contributed by atoms with Crippen molar-refractivity contribution in [1.29, 1.82) is 0 Å². The van der Waals surface area contributed by atoms with E-state index in [0.717, 1.165) is 30.8 Å². The molecule has 0 N–H and O–H groups in total. The van der Waals surface area contributed by atoms with Gasteiger partial charge in [-0.3, -0.25) is 0 Å². The Hall–Kier alpha value is -1.05. The maximum absolute atomic E-state index is 11.7. The van der Waals surface area contributed by atoms with E-state index in [9.17, 15) is 4.79 Å². The summed E-state index contributed by atoms with van der Waals surface area (Å²) < 4.78 is 5.04. The van der Waals surface area contributed by atoms with Crippen molar-refractivity contribution in [1.82, 2.24) is 0 Å². The van der Waals surface area contributed by atoms with E-state index in [1.54, 1.807) is 0 Å². The number of hydrogen-bond donors (Lipinski definition) is 0. The Bertz CT molecular complexity index is 514. The summed E-state index contributed by atoms with van der Waals surface area (Å²) in [5, 5.41) is 0. The molecule has 0 spiro atoms. The fraction of sp³-hybridized carbons (Fsp3) is 0.750. The minimum atomic E-state index is -0.105. The lowest BCUT2D eigenvalue weighted by Gasteiger charge is -2.58. The average molecular weight is 302 g/mol. The van der Waals surface area contributed by atoms with E-state index in [4.69, 9.17) is 4.74 Å². The van der Waals surface area contributed by atoms with Gasteiger partial charge in [0.2, 0.25) is 0 Å². The van der Waals surface area contributed by atoms with Crippen LogP contribution < -0.4 is 0 Å². The summed E-state index contributed by atoms with van der Waals surface area (Å²) in [7, 11) is 0. The van der Waals surface area contributed by atoms with E-state index >= 15 is 0 Å². The van der Waals surface area contributed by atoms with Gasteiger partial charge < -0.3 is 4.74 Å². The second-order valence-electron chi connectivity index (χ2n) is 8.52. The number of carbonyl (C=O) groups excluding carboxylic acids is 1. The number of rotatable bonds is 3. The van der Waals surface area contributed by atoms with Crippen molar-refractivity contribution >= 4 is 5.97 Å². The molecule has 0 unspecified atom stereocenters. The number of fused-ring (bicyclic) bond motifs is 1. The quantitative estimate of drug-likeness (QED) is 0.539. The van der Waals surface area contributed by atoms with Crippen LogP contribution in [-0.4, -0.2) is 12.6 Å². The van der Waals surface area contributed by atoms with Crippen LogP contribution in [0.4, 0.5) is 0 Å². The van der Waals surface area contributed by atoms with Crippen LogP contribution in [0, 0.1) is 22.7 Å². The molecule has 22 heavy (non-hydrogen) atoms. The first-order chi connectivity index (χ1) is 10.3. The maximum Gasteiger partial charge on any atom is 0.334 e. The zero-order chi connectivity index (χ0) is 16.0. The van der Waals surface area contributed by atoms with Gasteiger partial charge in [-0.05, 0) is 67.3 Å². The number of hydrogen-bond acceptors (Lipinski definition) is 2. The second-order valence-corrected chi connectivity index (χ2v) is 8.52. The fourth-order valence-corrected chi connectivity index (χ4v) is 5.71. The zero-order valence-electron chi connectivity index (χ0n) is 14.4. The van der Waals surface area contributed by atoms with E-state index in [2.05, 4.69) is 27.4 Å². The molecule has 0 radical (unpaired) electrons. The summed E-state index contributed by atoms with van der Waals surface area (Å²) in [6.07, 6.45) is 10.3. The average Bonchev–Trinajstić information content (AvgIpc) is 2.82. The normalized spacial score (nSPS) is 37.5. The van der Waals surface area contributed by atoms with Gasteiger partial charge in [-0.15, -0.1) is 0 Å². The summed E-state index contributed by atoms with van der Waals surface area (Å²) in [4.78, 5) is 11.7. The van der Waals surface area contributed by atoms with Crippen molar-refractivity contribution in [2.24, 2.45) is 22.7 Å². The van der Waals surface area contributed by atoms with Crippen LogP contribution in [0.25, 0.3) is 0 Å². The molecule has 1 aliphatic heterocycles. The lowest BCUT2D eigenvalue weighted by Crippen LogP contribution is -2.49. The Labute approximate surface area is 135 Å². The number of cyclic esters (lactones) is 1. The molecule has 3 aliphatic rings. The Morgan fingerprint density at radius 2 is 2.09 bits per heavy atom. The van der Waals surface area contributed by atoms with E-state index < -0.39 is 0 Å². The molecule has 0 bridgehead atoms. The third-order valence-corrected chi connectivity index (χ3v) is 6.83. The zero-order valence-corrected chi connectivity index (χ0v) is 14.4. The predicted octanol–water partition coefficient (Wildman–Crippen LogP) is 5.05. The molecule has 1 heterocycles. The number of carbonyl (C=O) groups is 1. The lowest BCUT2D eigenvalue weighted by atomic mass is 9.47. The van der Waals surface area contributed by atoms with Gasteiger partial charge in [0.25, 0.3) is 0 Å². The molecule has 0 aromatic carbocycles. The van der Waals surface area contributed by atoms with E-state index in [0.29, 0.717) is 23.4 Å². The van der Waals surface area contributed by atoms with Gasteiger partial charge in [0, 0.05) is 5.57 Å². The number of allylic oxidation sites excluding steroid dienone is 1. The Morgan fingerprint density at radius 3 is 2.77 bits per heavy atom. The largest absolute Gasteiger partial charge is 0.458 e. The first-order valence-electron chi connectivity index (χ1n) is 8.88. The highest BCUT2D eigenvalue weighted by atomic mass is 16.5. The van der Waals surface area contributed by atoms with Gasteiger partial charge in [0.05, 0.1) is 0 Å². The first-order valence-corrected chi connectivity index (χ1v) is 8.88. The van der Waals surface area contributed by atoms with Gasteiger partial charge in [0.15, 0.2) is 0 Å². The molecule has 2 aliphatic carbocycles. The molecule has 2 fully saturated rings. The molecule has 0 aromatic heterocycles. The summed E-state index contributed by atoms with van der Waals surface area (Å²) in [5.41, 5.74) is 3.11. The summed E-state index contributed by atoms with van der Waals surface area (Å²) in [6.45, 7) is 12.3. The van der Waals surface area contributed by atoms with Crippen LogP contribution >= 0.6 is 0 Å². The van der Waals surface area contributed by atoms with Crippen LogP contribution in [0.15, 0.2) is 23.8 Å². The van der Waals surface area contributed by atoms with Crippen LogP contribution in [0.1, 0.15) is 65.7 Å². The molecule has 0 aromatic rings. The Morgan fingerprint density at radius 1 is 1.32 bits per heavy atom. The molecule has 2 nitrogen and oxygen atoms in total. The van der Waals surface area contributed by atoms with E-state index in [-0.39, 0.29) is 5.97 Å². The van der Waals surface area contributed by atoms with Crippen molar-refractivity contribution in [2.45, 2.75) is 65.7 Å². The van der Waals surface area contributed by atoms with Crippen LogP contribution in [0.2, 0.25) is 0 Å². The van der Waals surface area contributed by atoms with E-state index in [1.165, 1.54) is 31.3 Å². The third-order valence-electron chi connectivity index (χ3n) is 6.83. The fourth-order valence-electron chi connectivity index (χ4n) is 5.71. The third kappa shape index (κ3) is 2.55. The van der Waals surface area contributed by atoms with Crippen molar-refractivity contribution < 1.29 is 9.53 Å². The van der Waals surface area contributed by atoms with Gasteiger partial charge >= 0.3 is 5.97 Å². The van der Waals surface area contributed by atoms with Gasteiger partial charge in [-0.2, -0.15) is 0 Å². The molecule has 2 heteroatoms. The first kappa shape index (κ1) is 15.8. The summed E-state index contributed by atoms with van der Waals surface area (Å²) in [5.74, 6) is 1.24. The minimum absolute atomic E-state index is 0.105. The molecule has 3 rings (SSSR count). The molecule has 2 saturated carbocycles. The molecular formula is C20H30O2. The lowest BCUT2D eigenvalue weighted by molar-refractivity contribution is -0.136. The monoisotopic (exact) mass is 302 g/mol. The summed E-state index contributed by atoms with van der Waals surface area (Å²) in [6, 6.07) is 0. The Kier molecular flexibility index (Phi) is 3.99. The van der Waals surface area contributed by atoms with Crippen LogP contribution in [-0.2, 0) is 9.53 Å². The second kappa shape index (κ2) is 5.54. The van der Waals surface area contributed by atoms with Crippen LogP contribution in [0.3, 0.4) is 0 Å².